The van der Waals surface area contributed by atoms with Gasteiger partial charge in [0.2, 0.25) is 0 Å². The Morgan fingerprint density at radius 1 is 1.40 bits per heavy atom. The third-order valence-electron chi connectivity index (χ3n) is 2.81. The number of nitrogen functional groups attached to an aromatic ring is 1. The van der Waals surface area contributed by atoms with Crippen LogP contribution >= 0.6 is 23.2 Å². The molecule has 0 spiro atoms. The fourth-order valence-corrected chi connectivity index (χ4v) is 2.28. The van der Waals surface area contributed by atoms with Gasteiger partial charge in [-0.1, -0.05) is 36.2 Å². The van der Waals surface area contributed by atoms with E-state index in [-0.39, 0.29) is 5.91 Å². The van der Waals surface area contributed by atoms with Crippen molar-refractivity contribution in [3.8, 4) is 0 Å². The molecule has 106 valence electrons. The summed E-state index contributed by atoms with van der Waals surface area (Å²) in [6.45, 7) is 2.76. The zero-order chi connectivity index (χ0) is 14.7. The molecule has 0 unspecified atom stereocenters. The molecule has 0 atom stereocenters. The zero-order valence-electron chi connectivity index (χ0n) is 11.0. The molecule has 0 aliphatic heterocycles. The van der Waals surface area contributed by atoms with E-state index in [2.05, 4.69) is 5.32 Å². The molecule has 4 nitrogen and oxygen atoms in total. The van der Waals surface area contributed by atoms with Crippen molar-refractivity contribution in [1.29, 1.82) is 0 Å². The molecule has 1 amide bonds. The zero-order valence-corrected chi connectivity index (χ0v) is 12.5. The quantitative estimate of drug-likeness (QED) is 0.895. The summed E-state index contributed by atoms with van der Waals surface area (Å²) in [5, 5.41) is 3.47. The van der Waals surface area contributed by atoms with Gasteiger partial charge in [0, 0.05) is 12.7 Å². The van der Waals surface area contributed by atoms with E-state index >= 15 is 0 Å². The number of amides is 1. The van der Waals surface area contributed by atoms with Gasteiger partial charge in [-0.2, -0.15) is 0 Å². The fraction of sp³-hybridized carbons (Fsp3) is 0.214. The van der Waals surface area contributed by atoms with Gasteiger partial charge in [0.15, 0.2) is 0 Å². The molecule has 0 fully saturated rings. The van der Waals surface area contributed by atoms with Crippen molar-refractivity contribution in [2.45, 2.75) is 19.9 Å². The van der Waals surface area contributed by atoms with Crippen LogP contribution in [0.5, 0.6) is 0 Å². The number of hydrogen-bond acceptors (Lipinski definition) is 2. The van der Waals surface area contributed by atoms with E-state index in [1.807, 2.05) is 11.5 Å². The number of nitrogens with zero attached hydrogens (tertiary/aromatic N) is 1. The molecule has 0 aliphatic carbocycles. The second-order valence-electron chi connectivity index (χ2n) is 4.41. The topological polar surface area (TPSA) is 60.0 Å². The average molecular weight is 312 g/mol. The summed E-state index contributed by atoms with van der Waals surface area (Å²) in [6, 6.07) is 6.73. The smallest absolute Gasteiger partial charge is 0.272 e. The first kappa shape index (κ1) is 14.8. The van der Waals surface area contributed by atoms with Gasteiger partial charge >= 0.3 is 0 Å². The monoisotopic (exact) mass is 311 g/mol. The molecule has 2 rings (SSSR count). The van der Waals surface area contributed by atoms with Gasteiger partial charge in [-0.15, -0.1) is 0 Å². The fourth-order valence-electron chi connectivity index (χ4n) is 1.94. The molecule has 1 aromatic heterocycles. The summed E-state index contributed by atoms with van der Waals surface area (Å²) < 4.78 is 1.82. The van der Waals surface area contributed by atoms with Crippen molar-refractivity contribution in [2.24, 2.45) is 0 Å². The van der Waals surface area contributed by atoms with Crippen LogP contribution in [0.25, 0.3) is 0 Å². The van der Waals surface area contributed by atoms with Crippen molar-refractivity contribution in [1.82, 2.24) is 4.57 Å². The number of aromatic nitrogens is 1. The summed E-state index contributed by atoms with van der Waals surface area (Å²) >= 11 is 12.0. The molecule has 2 aromatic rings. The minimum atomic E-state index is -0.265. The summed E-state index contributed by atoms with van der Waals surface area (Å²) in [6.07, 6.45) is 2.66. The highest BCUT2D eigenvalue weighted by molar-refractivity contribution is 6.44. The molecule has 6 heteroatoms. The maximum atomic E-state index is 12.3. The van der Waals surface area contributed by atoms with Gasteiger partial charge in [0.05, 0.1) is 21.4 Å². The number of benzene rings is 1. The standard InChI is InChI=1S/C14H15Cl2N3O/c1-2-6-19-8-9(17)7-12(19)14(20)18-11-5-3-4-10(15)13(11)16/h3-5,7-8H,2,6,17H2,1H3,(H,18,20). The molecular weight excluding hydrogens is 297 g/mol. The number of carbonyl (C=O) groups is 1. The summed E-state index contributed by atoms with van der Waals surface area (Å²) in [4.78, 5) is 12.3. The molecule has 0 saturated heterocycles. The van der Waals surface area contributed by atoms with E-state index in [0.717, 1.165) is 13.0 Å². The second-order valence-corrected chi connectivity index (χ2v) is 5.19. The van der Waals surface area contributed by atoms with Crippen LogP contribution in [-0.4, -0.2) is 10.5 Å². The van der Waals surface area contributed by atoms with Gasteiger partial charge in [0.25, 0.3) is 5.91 Å². The van der Waals surface area contributed by atoms with Crippen LogP contribution in [-0.2, 0) is 6.54 Å². The Kier molecular flexibility index (Phi) is 4.57. The predicted octanol–water partition coefficient (Wildman–Crippen LogP) is 4.04. The minimum Gasteiger partial charge on any atom is -0.397 e. The molecule has 20 heavy (non-hydrogen) atoms. The number of rotatable bonds is 4. The van der Waals surface area contributed by atoms with Crippen molar-refractivity contribution in [3.63, 3.8) is 0 Å². The minimum absolute atomic E-state index is 0.265. The van der Waals surface area contributed by atoms with E-state index < -0.39 is 0 Å². The van der Waals surface area contributed by atoms with Gasteiger partial charge in [0.1, 0.15) is 5.69 Å². The van der Waals surface area contributed by atoms with Crippen LogP contribution in [0.1, 0.15) is 23.8 Å². The van der Waals surface area contributed by atoms with Crippen LogP contribution in [0.15, 0.2) is 30.5 Å². The van der Waals surface area contributed by atoms with Crippen molar-refractivity contribution in [2.75, 3.05) is 11.1 Å². The number of anilines is 2. The van der Waals surface area contributed by atoms with Gasteiger partial charge in [-0.05, 0) is 24.6 Å². The highest BCUT2D eigenvalue weighted by Crippen LogP contribution is 2.30. The first-order chi connectivity index (χ1) is 9.52. The normalized spacial score (nSPS) is 10.6. The molecular formula is C14H15Cl2N3O. The van der Waals surface area contributed by atoms with E-state index in [1.54, 1.807) is 30.5 Å². The van der Waals surface area contributed by atoms with E-state index in [9.17, 15) is 4.79 Å². The molecule has 1 aromatic carbocycles. The maximum Gasteiger partial charge on any atom is 0.272 e. The van der Waals surface area contributed by atoms with Crippen molar-refractivity contribution < 1.29 is 4.79 Å². The molecule has 1 heterocycles. The molecule has 0 saturated carbocycles. The summed E-state index contributed by atoms with van der Waals surface area (Å²) in [5.41, 5.74) is 7.28. The van der Waals surface area contributed by atoms with Gasteiger partial charge in [-0.3, -0.25) is 4.79 Å². The Bertz CT molecular complexity index is 637. The lowest BCUT2D eigenvalue weighted by Gasteiger charge is -2.10. The lowest BCUT2D eigenvalue weighted by atomic mass is 10.3. The molecule has 0 aliphatic rings. The van der Waals surface area contributed by atoms with Crippen LogP contribution in [0, 0.1) is 0 Å². The van der Waals surface area contributed by atoms with Crippen molar-refractivity contribution >= 4 is 40.5 Å². The SMILES string of the molecule is CCCn1cc(N)cc1C(=O)Nc1cccc(Cl)c1Cl. The Balaban J connectivity index is 2.26. The molecule has 0 radical (unpaired) electrons. The number of hydrogen-bond donors (Lipinski definition) is 2. The summed E-state index contributed by atoms with van der Waals surface area (Å²) in [7, 11) is 0. The third-order valence-corrected chi connectivity index (χ3v) is 3.63. The van der Waals surface area contributed by atoms with Crippen LogP contribution < -0.4 is 11.1 Å². The largest absolute Gasteiger partial charge is 0.397 e. The number of halogens is 2. The second kappa shape index (κ2) is 6.20. The van der Waals surface area contributed by atoms with E-state index in [4.69, 9.17) is 28.9 Å². The Hall–Kier alpha value is -1.65. The lowest BCUT2D eigenvalue weighted by molar-refractivity contribution is 0.101. The van der Waals surface area contributed by atoms with Crippen LogP contribution in [0.4, 0.5) is 11.4 Å². The van der Waals surface area contributed by atoms with Crippen LogP contribution in [0.3, 0.4) is 0 Å². The first-order valence-corrected chi connectivity index (χ1v) is 6.99. The van der Waals surface area contributed by atoms with Crippen molar-refractivity contribution in [3.05, 3.63) is 46.2 Å². The number of aryl methyl sites for hydroxylation is 1. The highest BCUT2D eigenvalue weighted by Gasteiger charge is 2.14. The Morgan fingerprint density at radius 3 is 2.85 bits per heavy atom. The van der Waals surface area contributed by atoms with Gasteiger partial charge in [-0.25, -0.2) is 0 Å². The summed E-state index contributed by atoms with van der Waals surface area (Å²) in [5.74, 6) is -0.265. The van der Waals surface area contributed by atoms with Crippen LogP contribution in [0.2, 0.25) is 10.0 Å². The predicted molar refractivity (Wildman–Crippen MR) is 83.6 cm³/mol. The molecule has 3 N–H and O–H groups in total. The Labute approximate surface area is 127 Å². The number of carbonyl (C=O) groups excluding carboxylic acids is 1. The number of nitrogens with two attached hydrogens (primary N) is 1. The Morgan fingerprint density at radius 2 is 2.15 bits per heavy atom. The third kappa shape index (κ3) is 3.08. The van der Waals surface area contributed by atoms with E-state index in [1.165, 1.54) is 0 Å². The molecule has 0 bridgehead atoms. The maximum absolute atomic E-state index is 12.3. The van der Waals surface area contributed by atoms with Gasteiger partial charge < -0.3 is 15.6 Å². The lowest BCUT2D eigenvalue weighted by Crippen LogP contribution is -2.17. The first-order valence-electron chi connectivity index (χ1n) is 6.24. The highest BCUT2D eigenvalue weighted by atomic mass is 35.5. The van der Waals surface area contributed by atoms with E-state index in [0.29, 0.717) is 27.1 Å². The number of nitrogens with one attached hydrogen (secondary N) is 1. The average Bonchev–Trinajstić information content (AvgIpc) is 2.76.